The minimum Gasteiger partial charge on any atom is -0.325 e. The zero-order valence-corrected chi connectivity index (χ0v) is 15.1. The largest absolute Gasteiger partial charge is 0.325 e. The fourth-order valence-electron chi connectivity index (χ4n) is 3.10. The first-order chi connectivity index (χ1) is 12.6. The Morgan fingerprint density at radius 2 is 1.81 bits per heavy atom. The van der Waals surface area contributed by atoms with Crippen LogP contribution in [0.4, 0.5) is 11.4 Å². The number of amides is 2. The van der Waals surface area contributed by atoms with Gasteiger partial charge in [0.2, 0.25) is 11.8 Å². The van der Waals surface area contributed by atoms with Gasteiger partial charge in [0.15, 0.2) is 0 Å². The van der Waals surface area contributed by atoms with Crippen molar-refractivity contribution in [3.05, 3.63) is 60.2 Å². The van der Waals surface area contributed by atoms with Crippen LogP contribution in [0.1, 0.15) is 24.8 Å². The van der Waals surface area contributed by atoms with Gasteiger partial charge in [-0.3, -0.25) is 9.59 Å². The number of carbonyl (C=O) groups excluding carboxylic acids is 2. The lowest BCUT2D eigenvalue weighted by Crippen LogP contribution is -2.43. The number of likely N-dealkylation sites (N-methyl/N-ethyl adjacent to an activating group) is 1. The van der Waals surface area contributed by atoms with Crippen LogP contribution in [0.2, 0.25) is 0 Å². The summed E-state index contributed by atoms with van der Waals surface area (Å²) in [5.74, 6) is 0.0386. The number of hydrogen-bond acceptors (Lipinski definition) is 3. The third kappa shape index (κ3) is 4.70. The molecule has 0 bridgehead atoms. The zero-order valence-electron chi connectivity index (χ0n) is 15.1. The van der Waals surface area contributed by atoms with E-state index in [1.54, 1.807) is 11.9 Å². The van der Waals surface area contributed by atoms with Gasteiger partial charge in [-0.1, -0.05) is 36.8 Å². The first kappa shape index (κ1) is 18.1. The number of hydrogen-bond donors (Lipinski definition) is 2. The summed E-state index contributed by atoms with van der Waals surface area (Å²) < 4.78 is 0. The Balaban J connectivity index is 1.55. The molecule has 1 atom stereocenters. The van der Waals surface area contributed by atoms with Crippen LogP contribution >= 0.6 is 0 Å². The van der Waals surface area contributed by atoms with Crippen LogP contribution in [0.5, 0.6) is 0 Å². The highest BCUT2D eigenvalue weighted by Crippen LogP contribution is 2.16. The molecule has 5 nitrogen and oxygen atoms in total. The van der Waals surface area contributed by atoms with E-state index in [4.69, 9.17) is 0 Å². The lowest BCUT2D eigenvalue weighted by Gasteiger charge is -2.22. The Labute approximate surface area is 154 Å². The van der Waals surface area contributed by atoms with Crippen LogP contribution < -0.4 is 15.5 Å². The van der Waals surface area contributed by atoms with Gasteiger partial charge in [0, 0.05) is 18.4 Å². The number of carbonyl (C=O) groups is 2. The SMILES string of the molecule is CN(C(=O)Cc1ccc(NC(=O)C2CCCCN2)cc1)c1ccccc1. The molecule has 1 aliphatic heterocycles. The maximum atomic E-state index is 12.4. The van der Waals surface area contributed by atoms with Crippen LogP contribution in [0.15, 0.2) is 54.6 Å². The molecule has 3 rings (SSSR count). The second-order valence-corrected chi connectivity index (χ2v) is 6.65. The fraction of sp³-hybridized carbons (Fsp3) is 0.333. The van der Waals surface area contributed by atoms with Crippen LogP contribution in [0.3, 0.4) is 0 Å². The van der Waals surface area contributed by atoms with Crippen molar-refractivity contribution in [2.75, 3.05) is 23.8 Å². The van der Waals surface area contributed by atoms with E-state index in [1.807, 2.05) is 54.6 Å². The van der Waals surface area contributed by atoms with Gasteiger partial charge in [0.25, 0.3) is 0 Å². The summed E-state index contributed by atoms with van der Waals surface area (Å²) in [6.45, 7) is 0.897. The van der Waals surface area contributed by atoms with Gasteiger partial charge in [-0.15, -0.1) is 0 Å². The highest BCUT2D eigenvalue weighted by molar-refractivity contribution is 5.95. The summed E-state index contributed by atoms with van der Waals surface area (Å²) in [5.41, 5.74) is 2.56. The highest BCUT2D eigenvalue weighted by atomic mass is 16.2. The van der Waals surface area contributed by atoms with Crippen molar-refractivity contribution >= 4 is 23.2 Å². The van der Waals surface area contributed by atoms with Crippen LogP contribution in [0.25, 0.3) is 0 Å². The molecule has 1 unspecified atom stereocenters. The van der Waals surface area contributed by atoms with Gasteiger partial charge in [-0.05, 0) is 49.2 Å². The molecule has 1 aliphatic rings. The summed E-state index contributed by atoms with van der Waals surface area (Å²) in [4.78, 5) is 26.3. The van der Waals surface area contributed by atoms with Crippen LogP contribution in [-0.4, -0.2) is 31.4 Å². The predicted molar refractivity (Wildman–Crippen MR) is 104 cm³/mol. The molecule has 1 saturated heterocycles. The molecule has 2 aromatic rings. The molecule has 136 valence electrons. The average Bonchev–Trinajstić information content (AvgIpc) is 2.70. The predicted octanol–water partition coefficient (Wildman–Crippen LogP) is 2.97. The zero-order chi connectivity index (χ0) is 18.4. The van der Waals surface area contributed by atoms with Gasteiger partial charge < -0.3 is 15.5 Å². The van der Waals surface area contributed by atoms with Gasteiger partial charge >= 0.3 is 0 Å². The lowest BCUT2D eigenvalue weighted by molar-refractivity contribution is -0.119. The molecule has 0 aliphatic carbocycles. The topological polar surface area (TPSA) is 61.4 Å². The molecule has 2 N–H and O–H groups in total. The van der Waals surface area contributed by atoms with Crippen molar-refractivity contribution in [2.45, 2.75) is 31.7 Å². The molecular weight excluding hydrogens is 326 g/mol. The molecule has 1 fully saturated rings. The van der Waals surface area contributed by atoms with Crippen molar-refractivity contribution in [1.82, 2.24) is 5.32 Å². The molecule has 5 heteroatoms. The van der Waals surface area contributed by atoms with Crippen molar-refractivity contribution in [3.8, 4) is 0 Å². The van der Waals surface area contributed by atoms with Crippen molar-refractivity contribution < 1.29 is 9.59 Å². The molecule has 2 aromatic carbocycles. The van der Waals surface area contributed by atoms with E-state index in [2.05, 4.69) is 10.6 Å². The quantitative estimate of drug-likeness (QED) is 0.871. The van der Waals surface area contributed by atoms with E-state index in [1.165, 1.54) is 0 Å². The van der Waals surface area contributed by atoms with E-state index in [-0.39, 0.29) is 17.9 Å². The average molecular weight is 351 g/mol. The van der Waals surface area contributed by atoms with E-state index >= 15 is 0 Å². The monoisotopic (exact) mass is 351 g/mol. The number of anilines is 2. The minimum atomic E-state index is -0.107. The maximum absolute atomic E-state index is 12.4. The number of nitrogens with one attached hydrogen (secondary N) is 2. The molecular formula is C21H25N3O2. The van der Waals surface area contributed by atoms with Crippen LogP contribution in [0, 0.1) is 0 Å². The number of para-hydroxylation sites is 1. The molecule has 0 spiro atoms. The molecule has 1 heterocycles. The standard InChI is InChI=1S/C21H25N3O2/c1-24(18-7-3-2-4-8-18)20(25)15-16-10-12-17(13-11-16)23-21(26)19-9-5-6-14-22-19/h2-4,7-8,10-13,19,22H,5-6,9,14-15H2,1H3,(H,23,26). The second kappa shape index (κ2) is 8.63. The smallest absolute Gasteiger partial charge is 0.241 e. The third-order valence-electron chi connectivity index (χ3n) is 4.72. The minimum absolute atomic E-state index is 0.0114. The van der Waals surface area contributed by atoms with Crippen molar-refractivity contribution in [1.29, 1.82) is 0 Å². The maximum Gasteiger partial charge on any atom is 0.241 e. The first-order valence-electron chi connectivity index (χ1n) is 9.08. The van der Waals surface area contributed by atoms with Gasteiger partial charge in [-0.2, -0.15) is 0 Å². The van der Waals surface area contributed by atoms with Gasteiger partial charge in [-0.25, -0.2) is 0 Å². The van der Waals surface area contributed by atoms with Gasteiger partial charge in [0.05, 0.1) is 12.5 Å². The Morgan fingerprint density at radius 3 is 2.46 bits per heavy atom. The van der Waals surface area contributed by atoms with E-state index < -0.39 is 0 Å². The molecule has 2 amide bonds. The molecule has 0 aromatic heterocycles. The lowest BCUT2D eigenvalue weighted by atomic mass is 10.0. The van der Waals surface area contributed by atoms with Gasteiger partial charge in [0.1, 0.15) is 0 Å². The van der Waals surface area contributed by atoms with Crippen molar-refractivity contribution in [2.24, 2.45) is 0 Å². The Bertz CT molecular complexity index is 738. The summed E-state index contributed by atoms with van der Waals surface area (Å²) in [5, 5.41) is 6.19. The summed E-state index contributed by atoms with van der Waals surface area (Å²) in [6.07, 6.45) is 3.42. The summed E-state index contributed by atoms with van der Waals surface area (Å²) in [6, 6.07) is 17.0. The first-order valence-corrected chi connectivity index (χ1v) is 9.08. The number of piperidine rings is 1. The summed E-state index contributed by atoms with van der Waals surface area (Å²) in [7, 11) is 1.78. The van der Waals surface area contributed by atoms with E-state index in [9.17, 15) is 9.59 Å². The van der Waals surface area contributed by atoms with Crippen LogP contribution in [-0.2, 0) is 16.0 Å². The van der Waals surface area contributed by atoms with E-state index in [0.29, 0.717) is 6.42 Å². The Hall–Kier alpha value is -2.66. The fourth-order valence-corrected chi connectivity index (χ4v) is 3.10. The molecule has 0 radical (unpaired) electrons. The summed E-state index contributed by atoms with van der Waals surface area (Å²) >= 11 is 0. The number of rotatable bonds is 5. The Morgan fingerprint density at radius 1 is 1.08 bits per heavy atom. The molecule has 26 heavy (non-hydrogen) atoms. The second-order valence-electron chi connectivity index (χ2n) is 6.65. The van der Waals surface area contributed by atoms with E-state index in [0.717, 1.165) is 42.7 Å². The Kier molecular flexibility index (Phi) is 6.02. The highest BCUT2D eigenvalue weighted by Gasteiger charge is 2.20. The third-order valence-corrected chi connectivity index (χ3v) is 4.72. The number of benzene rings is 2. The van der Waals surface area contributed by atoms with Crippen molar-refractivity contribution in [3.63, 3.8) is 0 Å². The number of nitrogens with zero attached hydrogens (tertiary/aromatic N) is 1. The normalized spacial score (nSPS) is 16.7. The molecule has 0 saturated carbocycles.